The molecule has 39 heavy (non-hydrogen) atoms. The van der Waals surface area contributed by atoms with Crippen LogP contribution in [0.15, 0.2) is 84.9 Å². The lowest BCUT2D eigenvalue weighted by Crippen LogP contribution is -2.29. The first-order chi connectivity index (χ1) is 18.7. The van der Waals surface area contributed by atoms with E-state index >= 15 is 0 Å². The van der Waals surface area contributed by atoms with Crippen molar-refractivity contribution in [2.45, 2.75) is 13.8 Å². The Morgan fingerprint density at radius 3 is 2.05 bits per heavy atom. The number of rotatable bonds is 6. The van der Waals surface area contributed by atoms with Crippen LogP contribution in [-0.2, 0) is 0 Å². The van der Waals surface area contributed by atoms with E-state index in [0.29, 0.717) is 22.4 Å². The molecule has 0 aliphatic rings. The number of benzene rings is 4. The molecule has 0 radical (unpaired) electrons. The third-order valence-corrected chi connectivity index (χ3v) is 6.11. The average Bonchev–Trinajstić information content (AvgIpc) is 2.94. The van der Waals surface area contributed by atoms with E-state index in [9.17, 15) is 25.0 Å². The number of aryl methyl sites for hydroxylation is 2. The summed E-state index contributed by atoms with van der Waals surface area (Å²) in [5.41, 5.74) is 2.54. The highest BCUT2D eigenvalue weighted by Gasteiger charge is 2.27. The van der Waals surface area contributed by atoms with Crippen LogP contribution in [0.1, 0.15) is 43.0 Å². The lowest BCUT2D eigenvalue weighted by molar-refractivity contribution is -0.383. The van der Waals surface area contributed by atoms with Gasteiger partial charge in [-0.1, -0.05) is 30.3 Å². The van der Waals surface area contributed by atoms with Crippen molar-refractivity contribution in [1.82, 2.24) is 0 Å². The number of carbonyl (C=O) groups is 2. The molecule has 1 N–H and O–H groups in total. The van der Waals surface area contributed by atoms with Crippen molar-refractivity contribution in [1.29, 1.82) is 10.5 Å². The van der Waals surface area contributed by atoms with E-state index in [1.807, 2.05) is 12.1 Å². The molecule has 0 aliphatic heterocycles. The molecular formula is C30H21N5O4. The number of para-hydroxylation sites is 1. The van der Waals surface area contributed by atoms with Gasteiger partial charge in [0.15, 0.2) is 0 Å². The average molecular weight is 516 g/mol. The minimum absolute atomic E-state index is 0.0754. The Labute approximate surface area is 224 Å². The molecule has 0 fully saturated rings. The van der Waals surface area contributed by atoms with Gasteiger partial charge in [-0.05, 0) is 73.5 Å². The number of nitrogens with zero attached hydrogens (tertiary/aromatic N) is 4. The van der Waals surface area contributed by atoms with E-state index in [1.54, 1.807) is 68.4 Å². The van der Waals surface area contributed by atoms with Crippen molar-refractivity contribution in [2.75, 3.05) is 10.2 Å². The van der Waals surface area contributed by atoms with Crippen molar-refractivity contribution < 1.29 is 14.5 Å². The third-order valence-electron chi connectivity index (χ3n) is 6.11. The Morgan fingerprint density at radius 1 is 0.795 bits per heavy atom. The monoisotopic (exact) mass is 515 g/mol. The van der Waals surface area contributed by atoms with Crippen molar-refractivity contribution in [3.8, 4) is 12.1 Å². The molecule has 4 rings (SSSR count). The number of nitro benzene ring substituents is 1. The summed E-state index contributed by atoms with van der Waals surface area (Å²) in [7, 11) is 0. The molecule has 0 unspecified atom stereocenters. The zero-order valence-electron chi connectivity index (χ0n) is 21.0. The van der Waals surface area contributed by atoms with Gasteiger partial charge in [-0.3, -0.25) is 24.6 Å². The van der Waals surface area contributed by atoms with Gasteiger partial charge in [0, 0.05) is 11.6 Å². The van der Waals surface area contributed by atoms with E-state index in [4.69, 9.17) is 5.26 Å². The highest BCUT2D eigenvalue weighted by molar-refractivity contribution is 6.17. The Bertz CT molecular complexity index is 1720. The number of nitriles is 2. The molecule has 190 valence electrons. The van der Waals surface area contributed by atoms with E-state index in [-0.39, 0.29) is 22.5 Å². The van der Waals surface area contributed by atoms with Crippen LogP contribution in [0.2, 0.25) is 0 Å². The van der Waals surface area contributed by atoms with Gasteiger partial charge in [-0.2, -0.15) is 10.5 Å². The zero-order chi connectivity index (χ0) is 28.1. The first-order valence-corrected chi connectivity index (χ1v) is 11.7. The Morgan fingerprint density at radius 2 is 1.41 bits per heavy atom. The molecule has 9 heteroatoms. The number of carbonyl (C=O) groups excluding carboxylic acids is 2. The quantitative estimate of drug-likeness (QED) is 0.240. The molecule has 9 nitrogen and oxygen atoms in total. The van der Waals surface area contributed by atoms with Gasteiger partial charge in [0.25, 0.3) is 17.5 Å². The summed E-state index contributed by atoms with van der Waals surface area (Å²) >= 11 is 0. The zero-order valence-corrected chi connectivity index (χ0v) is 21.0. The maximum Gasteiger partial charge on any atom is 0.294 e. The van der Waals surface area contributed by atoms with Crippen molar-refractivity contribution >= 4 is 34.6 Å². The number of hydrogen-bond donors (Lipinski definition) is 1. The molecule has 4 aromatic rings. The molecule has 4 aromatic carbocycles. The van der Waals surface area contributed by atoms with E-state index in [0.717, 1.165) is 11.6 Å². The third kappa shape index (κ3) is 5.33. The molecule has 2 amide bonds. The largest absolute Gasteiger partial charge is 0.316 e. The predicted molar refractivity (Wildman–Crippen MR) is 146 cm³/mol. The van der Waals surface area contributed by atoms with Gasteiger partial charge in [0.2, 0.25) is 0 Å². The smallest absolute Gasteiger partial charge is 0.294 e. The second kappa shape index (κ2) is 11.1. The normalized spacial score (nSPS) is 10.2. The Balaban J connectivity index is 1.86. The van der Waals surface area contributed by atoms with Crippen LogP contribution in [0.25, 0.3) is 0 Å². The second-order valence-electron chi connectivity index (χ2n) is 8.64. The SMILES string of the molecule is Cc1ccccc1C(=O)N(c1ccc(C#N)cc1C)c1ccccc1C(=O)Nc1ccc(C#N)cc1[N+](=O)[O-]. The molecule has 0 heterocycles. The molecule has 0 atom stereocenters. The summed E-state index contributed by atoms with van der Waals surface area (Å²) in [4.78, 5) is 39.9. The fourth-order valence-corrected chi connectivity index (χ4v) is 4.17. The lowest BCUT2D eigenvalue weighted by atomic mass is 10.0. The molecule has 0 aliphatic carbocycles. The van der Waals surface area contributed by atoms with E-state index < -0.39 is 22.4 Å². The summed E-state index contributed by atoms with van der Waals surface area (Å²) in [5, 5.41) is 32.6. The number of nitro groups is 1. The minimum Gasteiger partial charge on any atom is -0.316 e. The Kier molecular flexibility index (Phi) is 7.46. The van der Waals surface area contributed by atoms with Crippen LogP contribution in [0.3, 0.4) is 0 Å². The predicted octanol–water partition coefficient (Wildman–Crippen LogP) is 6.19. The first-order valence-electron chi connectivity index (χ1n) is 11.7. The standard InChI is InChI=1S/C30H21N5O4/c1-19-7-3-4-8-23(19)30(37)34(26-14-12-21(17-31)15-20(26)2)27-10-6-5-9-24(27)29(36)33-25-13-11-22(18-32)16-28(25)35(38)39/h3-16H,1-2H3,(H,33,36). The second-order valence-corrected chi connectivity index (χ2v) is 8.64. The summed E-state index contributed by atoms with van der Waals surface area (Å²) in [5.74, 6) is -1.09. The van der Waals surface area contributed by atoms with Gasteiger partial charge >= 0.3 is 0 Å². The molecule has 0 spiro atoms. The van der Waals surface area contributed by atoms with Gasteiger partial charge in [0.05, 0.1) is 45.1 Å². The van der Waals surface area contributed by atoms with Crippen LogP contribution in [-0.4, -0.2) is 16.7 Å². The van der Waals surface area contributed by atoms with Gasteiger partial charge < -0.3 is 5.32 Å². The summed E-state index contributed by atoms with van der Waals surface area (Å²) in [6, 6.07) is 26.0. The number of hydrogen-bond acceptors (Lipinski definition) is 6. The van der Waals surface area contributed by atoms with Gasteiger partial charge in [0.1, 0.15) is 5.69 Å². The fourth-order valence-electron chi connectivity index (χ4n) is 4.17. The van der Waals surface area contributed by atoms with Crippen molar-refractivity contribution in [3.63, 3.8) is 0 Å². The van der Waals surface area contributed by atoms with Gasteiger partial charge in [-0.25, -0.2) is 0 Å². The first kappa shape index (κ1) is 26.3. The van der Waals surface area contributed by atoms with Gasteiger partial charge in [-0.15, -0.1) is 0 Å². The number of amides is 2. The fraction of sp³-hybridized carbons (Fsp3) is 0.0667. The van der Waals surface area contributed by atoms with E-state index in [1.165, 1.54) is 23.1 Å². The molecule has 0 bridgehead atoms. The summed E-state index contributed by atoms with van der Waals surface area (Å²) < 4.78 is 0. The molecule has 0 aromatic heterocycles. The maximum absolute atomic E-state index is 14.0. The highest BCUT2D eigenvalue weighted by atomic mass is 16.6. The number of nitrogens with one attached hydrogen (secondary N) is 1. The maximum atomic E-state index is 14.0. The van der Waals surface area contributed by atoms with Crippen LogP contribution in [0.5, 0.6) is 0 Å². The topological polar surface area (TPSA) is 140 Å². The molecular weight excluding hydrogens is 494 g/mol. The van der Waals surface area contributed by atoms with Crippen molar-refractivity contribution in [2.24, 2.45) is 0 Å². The van der Waals surface area contributed by atoms with Crippen LogP contribution in [0.4, 0.5) is 22.7 Å². The number of anilines is 3. The molecule has 0 saturated carbocycles. The lowest BCUT2D eigenvalue weighted by Gasteiger charge is -2.27. The van der Waals surface area contributed by atoms with Crippen LogP contribution >= 0.6 is 0 Å². The van der Waals surface area contributed by atoms with Crippen LogP contribution in [0, 0.1) is 46.6 Å². The van der Waals surface area contributed by atoms with Crippen molar-refractivity contribution in [3.05, 3.63) is 128 Å². The summed E-state index contributed by atoms with van der Waals surface area (Å²) in [6.45, 7) is 3.57. The van der Waals surface area contributed by atoms with Crippen LogP contribution < -0.4 is 10.2 Å². The minimum atomic E-state index is -0.688. The Hall–Kier alpha value is -5.80. The highest BCUT2D eigenvalue weighted by Crippen LogP contribution is 2.35. The van der Waals surface area contributed by atoms with E-state index in [2.05, 4.69) is 11.4 Å². The summed E-state index contributed by atoms with van der Waals surface area (Å²) in [6.07, 6.45) is 0. The molecule has 0 saturated heterocycles.